The van der Waals surface area contributed by atoms with Gasteiger partial charge in [-0.05, 0) is 56.0 Å². The SMILES string of the molecule is CS(=O)(=O)NN1CCC[C@@H]1Cn1ccc2cc(C(=O)N3CCC(N4C(=O)OCc5ccccc54)CC3)ccc21. The minimum absolute atomic E-state index is 0.00755. The lowest BCUT2D eigenvalue weighted by Crippen LogP contribution is -2.50. The van der Waals surface area contributed by atoms with E-state index in [1.54, 1.807) is 4.90 Å². The summed E-state index contributed by atoms with van der Waals surface area (Å²) >= 11 is 0. The molecule has 0 unspecified atom stereocenters. The second-order valence-electron chi connectivity index (χ2n) is 10.7. The number of hydrazine groups is 1. The molecule has 2 aromatic carbocycles. The number of sulfonamides is 1. The molecule has 0 spiro atoms. The molecule has 4 heterocycles. The number of para-hydroxylation sites is 1. The minimum Gasteiger partial charge on any atom is -0.444 e. The number of fused-ring (bicyclic) bond motifs is 2. The summed E-state index contributed by atoms with van der Waals surface area (Å²) in [6.45, 7) is 2.79. The van der Waals surface area contributed by atoms with Gasteiger partial charge in [-0.2, -0.15) is 0 Å². The number of amides is 2. The van der Waals surface area contributed by atoms with E-state index in [1.165, 1.54) is 6.26 Å². The van der Waals surface area contributed by atoms with Gasteiger partial charge in [0.1, 0.15) is 6.61 Å². The minimum atomic E-state index is -3.31. The first kappa shape index (κ1) is 25.8. The highest BCUT2D eigenvalue weighted by Gasteiger charge is 2.35. The number of ether oxygens (including phenoxy) is 1. The number of carbonyl (C=O) groups excluding carboxylic acids is 2. The number of piperidine rings is 1. The maximum atomic E-state index is 13.4. The van der Waals surface area contributed by atoms with Gasteiger partial charge < -0.3 is 14.2 Å². The number of likely N-dealkylation sites (tertiary alicyclic amines) is 1. The number of nitrogens with zero attached hydrogens (tertiary/aromatic N) is 4. The van der Waals surface area contributed by atoms with Crippen LogP contribution in [0.1, 0.15) is 41.6 Å². The van der Waals surface area contributed by atoms with E-state index in [-0.39, 0.29) is 24.1 Å². The number of hydrogen-bond acceptors (Lipinski definition) is 6. The van der Waals surface area contributed by atoms with Gasteiger partial charge in [0.15, 0.2) is 0 Å². The fraction of sp³-hybridized carbons (Fsp3) is 0.429. The molecule has 0 radical (unpaired) electrons. The van der Waals surface area contributed by atoms with Crippen LogP contribution in [0.25, 0.3) is 10.9 Å². The number of cyclic esters (lactones) is 1. The Balaban J connectivity index is 1.12. The van der Waals surface area contributed by atoms with Crippen molar-refractivity contribution in [3.05, 3.63) is 65.9 Å². The predicted octanol–water partition coefficient (Wildman–Crippen LogP) is 3.33. The van der Waals surface area contributed by atoms with Crippen LogP contribution >= 0.6 is 0 Å². The number of carbonyl (C=O) groups is 2. The molecule has 2 amide bonds. The molecule has 3 aliphatic rings. The van der Waals surface area contributed by atoms with Crippen molar-refractivity contribution in [3.8, 4) is 0 Å². The fourth-order valence-corrected chi connectivity index (χ4v) is 6.78. The number of rotatable bonds is 6. The van der Waals surface area contributed by atoms with Gasteiger partial charge in [-0.3, -0.25) is 9.69 Å². The first-order chi connectivity index (χ1) is 18.8. The van der Waals surface area contributed by atoms with Crippen LogP contribution in [0, 0.1) is 0 Å². The van der Waals surface area contributed by atoms with Crippen molar-refractivity contribution in [3.63, 3.8) is 0 Å². The van der Waals surface area contributed by atoms with Crippen molar-refractivity contribution in [2.75, 3.05) is 30.8 Å². The number of aromatic nitrogens is 1. The summed E-state index contributed by atoms with van der Waals surface area (Å²) in [7, 11) is -3.31. The van der Waals surface area contributed by atoms with Crippen LogP contribution in [-0.2, 0) is 27.9 Å². The van der Waals surface area contributed by atoms with Crippen molar-refractivity contribution >= 4 is 38.6 Å². The lowest BCUT2D eigenvalue weighted by Gasteiger charge is -2.40. The maximum absolute atomic E-state index is 13.4. The van der Waals surface area contributed by atoms with Crippen molar-refractivity contribution in [1.29, 1.82) is 0 Å². The number of hydrogen-bond donors (Lipinski definition) is 1. The Morgan fingerprint density at radius 3 is 2.64 bits per heavy atom. The lowest BCUT2D eigenvalue weighted by molar-refractivity contribution is 0.0708. The quantitative estimate of drug-likeness (QED) is 0.504. The molecule has 0 saturated carbocycles. The highest BCUT2D eigenvalue weighted by atomic mass is 32.2. The van der Waals surface area contributed by atoms with Gasteiger partial charge in [-0.25, -0.2) is 18.2 Å². The molecular formula is C28H33N5O5S. The maximum Gasteiger partial charge on any atom is 0.414 e. The zero-order chi connectivity index (χ0) is 27.1. The van der Waals surface area contributed by atoms with Crippen LogP contribution in [0.3, 0.4) is 0 Å². The van der Waals surface area contributed by atoms with Crippen LogP contribution in [0.2, 0.25) is 0 Å². The van der Waals surface area contributed by atoms with E-state index in [9.17, 15) is 18.0 Å². The van der Waals surface area contributed by atoms with E-state index in [0.29, 0.717) is 51.2 Å². The summed E-state index contributed by atoms with van der Waals surface area (Å²) in [6, 6.07) is 15.7. The number of nitrogens with one attached hydrogen (secondary N) is 1. The summed E-state index contributed by atoms with van der Waals surface area (Å²) in [4.78, 5) is 32.2. The van der Waals surface area contributed by atoms with Crippen molar-refractivity contribution < 1.29 is 22.7 Å². The summed E-state index contributed by atoms with van der Waals surface area (Å²) in [5.74, 6) is -0.0101. The molecule has 6 rings (SSSR count). The molecule has 206 valence electrons. The Morgan fingerprint density at radius 1 is 1.05 bits per heavy atom. The van der Waals surface area contributed by atoms with E-state index >= 15 is 0 Å². The second kappa shape index (κ2) is 10.3. The molecule has 2 fully saturated rings. The molecule has 10 nitrogen and oxygen atoms in total. The van der Waals surface area contributed by atoms with Gasteiger partial charge >= 0.3 is 6.09 Å². The number of benzene rings is 2. The van der Waals surface area contributed by atoms with Crippen LogP contribution in [0.15, 0.2) is 54.7 Å². The smallest absolute Gasteiger partial charge is 0.414 e. The monoisotopic (exact) mass is 551 g/mol. The predicted molar refractivity (Wildman–Crippen MR) is 148 cm³/mol. The average Bonchev–Trinajstić information content (AvgIpc) is 3.53. The Labute approximate surface area is 228 Å². The highest BCUT2D eigenvalue weighted by Crippen LogP contribution is 2.32. The van der Waals surface area contributed by atoms with Crippen molar-refractivity contribution in [1.82, 2.24) is 19.3 Å². The third-order valence-electron chi connectivity index (χ3n) is 8.00. The topological polar surface area (TPSA) is 104 Å². The molecule has 1 aromatic heterocycles. The lowest BCUT2D eigenvalue weighted by atomic mass is 10.00. The molecule has 2 saturated heterocycles. The van der Waals surface area contributed by atoms with Gasteiger partial charge in [0.05, 0.1) is 11.9 Å². The van der Waals surface area contributed by atoms with Crippen LogP contribution in [0.5, 0.6) is 0 Å². The molecule has 3 aliphatic heterocycles. The van der Waals surface area contributed by atoms with E-state index in [1.807, 2.05) is 64.6 Å². The van der Waals surface area contributed by atoms with E-state index in [0.717, 1.165) is 35.0 Å². The van der Waals surface area contributed by atoms with Crippen molar-refractivity contribution in [2.24, 2.45) is 0 Å². The van der Waals surface area contributed by atoms with Crippen LogP contribution in [-0.4, -0.2) is 72.9 Å². The van der Waals surface area contributed by atoms with Gasteiger partial charge in [-0.1, -0.05) is 18.2 Å². The molecule has 1 N–H and O–H groups in total. The third-order valence-corrected chi connectivity index (χ3v) is 8.57. The molecular weight excluding hydrogens is 518 g/mol. The first-order valence-corrected chi connectivity index (χ1v) is 15.3. The Hall–Kier alpha value is -3.41. The zero-order valence-corrected chi connectivity index (χ0v) is 22.8. The summed E-state index contributed by atoms with van der Waals surface area (Å²) in [6.07, 6.45) is 6.08. The largest absolute Gasteiger partial charge is 0.444 e. The van der Waals surface area contributed by atoms with Gasteiger partial charge in [0, 0.05) is 66.5 Å². The third kappa shape index (κ3) is 5.26. The van der Waals surface area contributed by atoms with Crippen LogP contribution < -0.4 is 9.73 Å². The van der Waals surface area contributed by atoms with E-state index < -0.39 is 10.0 Å². The zero-order valence-electron chi connectivity index (χ0n) is 22.0. The van der Waals surface area contributed by atoms with Gasteiger partial charge in [-0.15, -0.1) is 4.83 Å². The van der Waals surface area contributed by atoms with E-state index in [4.69, 9.17) is 4.74 Å². The van der Waals surface area contributed by atoms with Crippen molar-refractivity contribution in [2.45, 2.75) is 50.9 Å². The average molecular weight is 552 g/mol. The fourth-order valence-electron chi connectivity index (χ4n) is 6.11. The van der Waals surface area contributed by atoms with E-state index in [2.05, 4.69) is 9.40 Å². The molecule has 3 aromatic rings. The second-order valence-corrected chi connectivity index (χ2v) is 12.4. The molecule has 1 atom stereocenters. The first-order valence-electron chi connectivity index (χ1n) is 13.4. The molecule has 39 heavy (non-hydrogen) atoms. The van der Waals surface area contributed by atoms with Gasteiger partial charge in [0.25, 0.3) is 5.91 Å². The normalized spacial score (nSPS) is 20.8. The summed E-state index contributed by atoms with van der Waals surface area (Å²) < 4.78 is 31.0. The molecule has 0 bridgehead atoms. The summed E-state index contributed by atoms with van der Waals surface area (Å²) in [5, 5.41) is 2.79. The Bertz CT molecular complexity index is 1510. The number of anilines is 1. The Morgan fingerprint density at radius 2 is 1.85 bits per heavy atom. The Kier molecular flexibility index (Phi) is 6.82. The molecule has 11 heteroatoms. The standard InChI is InChI=1S/C28H33N5O5S/c1-39(36,37)29-32-13-4-6-24(32)18-31-14-10-20-17-21(8-9-25(20)31)27(34)30-15-11-23(12-16-30)33-26-7-3-2-5-22(26)19-38-28(33)35/h2-3,5,7-10,14,17,23-24,29H,4,6,11-13,15-16,18-19H2,1H3/t24-/m1/s1. The highest BCUT2D eigenvalue weighted by molar-refractivity contribution is 7.88. The van der Waals surface area contributed by atoms with Crippen LogP contribution in [0.4, 0.5) is 10.5 Å². The van der Waals surface area contributed by atoms with Gasteiger partial charge in [0.2, 0.25) is 10.0 Å². The molecule has 0 aliphatic carbocycles. The summed E-state index contributed by atoms with van der Waals surface area (Å²) in [5.41, 5.74) is 3.56.